The van der Waals surface area contributed by atoms with Crippen LogP contribution in [0.1, 0.15) is 34.9 Å². The molecule has 3 aromatic rings. The summed E-state index contributed by atoms with van der Waals surface area (Å²) in [5, 5.41) is 4.04. The largest absolute Gasteiger partial charge is 0.416 e. The standard InChI is InChI=1S/C21H18F3N3O2/c1-13-4-2-3-5-17(13)19-25-20(29-26-19)15-10-18(28)27(12-15)11-14-6-8-16(9-7-14)21(22,23)24/h2-9,15H,10-12H2,1H3. The molecule has 5 nitrogen and oxygen atoms in total. The predicted octanol–water partition coefficient (Wildman–Crippen LogP) is 4.58. The van der Waals surface area contributed by atoms with Gasteiger partial charge in [-0.25, -0.2) is 0 Å². The first-order chi connectivity index (χ1) is 13.8. The number of aromatic nitrogens is 2. The molecule has 1 saturated heterocycles. The van der Waals surface area contributed by atoms with Gasteiger partial charge < -0.3 is 9.42 Å². The number of benzene rings is 2. The third kappa shape index (κ3) is 4.01. The topological polar surface area (TPSA) is 59.2 Å². The predicted molar refractivity (Wildman–Crippen MR) is 98.7 cm³/mol. The maximum atomic E-state index is 12.7. The van der Waals surface area contributed by atoms with Crippen molar-refractivity contribution in [3.63, 3.8) is 0 Å². The highest BCUT2D eigenvalue weighted by Crippen LogP contribution is 2.32. The number of halogens is 3. The Labute approximate surface area is 165 Å². The van der Waals surface area contributed by atoms with Gasteiger partial charge in [0.05, 0.1) is 11.5 Å². The van der Waals surface area contributed by atoms with Gasteiger partial charge >= 0.3 is 6.18 Å². The highest BCUT2D eigenvalue weighted by molar-refractivity contribution is 5.79. The van der Waals surface area contributed by atoms with Crippen molar-refractivity contribution >= 4 is 5.91 Å². The molecule has 0 N–H and O–H groups in total. The first-order valence-corrected chi connectivity index (χ1v) is 9.15. The number of alkyl halides is 3. The number of likely N-dealkylation sites (tertiary alicyclic amines) is 1. The second-order valence-electron chi connectivity index (χ2n) is 7.14. The highest BCUT2D eigenvalue weighted by atomic mass is 19.4. The van der Waals surface area contributed by atoms with Crippen LogP contribution in [0.15, 0.2) is 53.1 Å². The molecule has 1 aliphatic rings. The Balaban J connectivity index is 1.45. The monoisotopic (exact) mass is 401 g/mol. The molecule has 150 valence electrons. The van der Waals surface area contributed by atoms with Crippen LogP contribution in [0.5, 0.6) is 0 Å². The van der Waals surface area contributed by atoms with Gasteiger partial charge in [-0.05, 0) is 30.2 Å². The van der Waals surface area contributed by atoms with E-state index in [1.165, 1.54) is 12.1 Å². The summed E-state index contributed by atoms with van der Waals surface area (Å²) in [6.45, 7) is 2.58. The Kier molecular flexibility index (Phi) is 4.86. The molecule has 0 bridgehead atoms. The summed E-state index contributed by atoms with van der Waals surface area (Å²) >= 11 is 0. The molecule has 2 aromatic carbocycles. The second-order valence-corrected chi connectivity index (χ2v) is 7.14. The third-order valence-electron chi connectivity index (χ3n) is 5.05. The molecule has 1 amide bonds. The second kappa shape index (κ2) is 7.35. The molecule has 0 spiro atoms. The SMILES string of the molecule is Cc1ccccc1-c1noc(C2CC(=O)N(Cc3ccc(C(F)(F)F)cc3)C2)n1. The van der Waals surface area contributed by atoms with E-state index in [1.54, 1.807) is 4.90 Å². The van der Waals surface area contributed by atoms with E-state index in [0.717, 1.165) is 23.3 Å². The minimum Gasteiger partial charge on any atom is -0.339 e. The van der Waals surface area contributed by atoms with Crippen molar-refractivity contribution in [3.8, 4) is 11.4 Å². The zero-order chi connectivity index (χ0) is 20.6. The van der Waals surface area contributed by atoms with E-state index >= 15 is 0 Å². The first kappa shape index (κ1) is 19.2. The molecular weight excluding hydrogens is 383 g/mol. The fourth-order valence-corrected chi connectivity index (χ4v) is 3.44. The average molecular weight is 401 g/mol. The summed E-state index contributed by atoms with van der Waals surface area (Å²) in [5.41, 5.74) is 1.82. The molecule has 1 aromatic heterocycles. The van der Waals surface area contributed by atoms with E-state index in [1.807, 2.05) is 31.2 Å². The normalized spacial score (nSPS) is 17.2. The van der Waals surface area contributed by atoms with E-state index in [9.17, 15) is 18.0 Å². The van der Waals surface area contributed by atoms with Gasteiger partial charge in [-0.1, -0.05) is 41.6 Å². The maximum Gasteiger partial charge on any atom is 0.416 e. The fraction of sp³-hybridized carbons (Fsp3) is 0.286. The van der Waals surface area contributed by atoms with E-state index in [0.29, 0.717) is 23.8 Å². The van der Waals surface area contributed by atoms with Gasteiger partial charge in [-0.2, -0.15) is 18.2 Å². The van der Waals surface area contributed by atoms with Gasteiger partial charge in [-0.15, -0.1) is 0 Å². The summed E-state index contributed by atoms with van der Waals surface area (Å²) in [6.07, 6.45) is -4.14. The average Bonchev–Trinajstić information content (AvgIpc) is 3.29. The van der Waals surface area contributed by atoms with E-state index < -0.39 is 11.7 Å². The molecule has 1 fully saturated rings. The Morgan fingerprint density at radius 1 is 1.14 bits per heavy atom. The summed E-state index contributed by atoms with van der Waals surface area (Å²) in [7, 11) is 0. The van der Waals surface area contributed by atoms with Crippen LogP contribution in [0, 0.1) is 6.92 Å². The van der Waals surface area contributed by atoms with Crippen LogP contribution in [0.2, 0.25) is 0 Å². The molecule has 0 radical (unpaired) electrons. The molecular formula is C21H18F3N3O2. The Hall–Kier alpha value is -3.16. The first-order valence-electron chi connectivity index (χ1n) is 9.15. The lowest BCUT2D eigenvalue weighted by Crippen LogP contribution is -2.24. The number of aryl methyl sites for hydroxylation is 1. The number of carbonyl (C=O) groups is 1. The summed E-state index contributed by atoms with van der Waals surface area (Å²) in [6, 6.07) is 12.5. The molecule has 1 aliphatic heterocycles. The van der Waals surface area contributed by atoms with Crippen LogP contribution in [-0.4, -0.2) is 27.5 Å². The van der Waals surface area contributed by atoms with Gasteiger partial charge in [0.25, 0.3) is 0 Å². The number of hydrogen-bond acceptors (Lipinski definition) is 4. The lowest BCUT2D eigenvalue weighted by Gasteiger charge is -2.16. The Bertz CT molecular complexity index is 1030. The lowest BCUT2D eigenvalue weighted by atomic mass is 10.1. The zero-order valence-corrected chi connectivity index (χ0v) is 15.6. The fourth-order valence-electron chi connectivity index (χ4n) is 3.44. The summed E-state index contributed by atoms with van der Waals surface area (Å²) < 4.78 is 43.5. The minimum absolute atomic E-state index is 0.0921. The Morgan fingerprint density at radius 2 is 1.86 bits per heavy atom. The number of carbonyl (C=O) groups excluding carboxylic acids is 1. The van der Waals surface area contributed by atoms with Crippen LogP contribution >= 0.6 is 0 Å². The van der Waals surface area contributed by atoms with Gasteiger partial charge in [0.1, 0.15) is 0 Å². The van der Waals surface area contributed by atoms with Crippen LogP contribution in [0.4, 0.5) is 13.2 Å². The molecule has 4 rings (SSSR count). The molecule has 0 saturated carbocycles. The highest BCUT2D eigenvalue weighted by Gasteiger charge is 2.35. The minimum atomic E-state index is -4.38. The van der Waals surface area contributed by atoms with Crippen molar-refractivity contribution in [2.75, 3.05) is 6.54 Å². The smallest absolute Gasteiger partial charge is 0.339 e. The van der Waals surface area contributed by atoms with Crippen molar-refractivity contribution < 1.29 is 22.5 Å². The number of nitrogens with zero attached hydrogens (tertiary/aromatic N) is 3. The third-order valence-corrected chi connectivity index (χ3v) is 5.05. The van der Waals surface area contributed by atoms with Gasteiger partial charge in [0.2, 0.25) is 17.6 Å². The molecule has 8 heteroatoms. The van der Waals surface area contributed by atoms with Crippen molar-refractivity contribution in [1.82, 2.24) is 15.0 Å². The van der Waals surface area contributed by atoms with E-state index in [-0.39, 0.29) is 24.8 Å². The van der Waals surface area contributed by atoms with Crippen LogP contribution in [-0.2, 0) is 17.5 Å². The van der Waals surface area contributed by atoms with Crippen LogP contribution < -0.4 is 0 Å². The zero-order valence-electron chi connectivity index (χ0n) is 15.6. The summed E-state index contributed by atoms with van der Waals surface area (Å²) in [4.78, 5) is 18.4. The molecule has 1 atom stereocenters. The molecule has 1 unspecified atom stereocenters. The number of hydrogen-bond donors (Lipinski definition) is 0. The van der Waals surface area contributed by atoms with Crippen LogP contribution in [0.3, 0.4) is 0 Å². The molecule has 0 aliphatic carbocycles. The van der Waals surface area contributed by atoms with Gasteiger partial charge in [0, 0.05) is 25.1 Å². The van der Waals surface area contributed by atoms with E-state index in [4.69, 9.17) is 4.52 Å². The van der Waals surface area contributed by atoms with Gasteiger partial charge in [0.15, 0.2) is 0 Å². The van der Waals surface area contributed by atoms with Crippen molar-refractivity contribution in [2.24, 2.45) is 0 Å². The van der Waals surface area contributed by atoms with Crippen molar-refractivity contribution in [3.05, 3.63) is 71.1 Å². The maximum absolute atomic E-state index is 12.7. The van der Waals surface area contributed by atoms with E-state index in [2.05, 4.69) is 10.1 Å². The molecule has 29 heavy (non-hydrogen) atoms. The lowest BCUT2D eigenvalue weighted by molar-refractivity contribution is -0.137. The van der Waals surface area contributed by atoms with Crippen molar-refractivity contribution in [1.29, 1.82) is 0 Å². The quantitative estimate of drug-likeness (QED) is 0.642. The van der Waals surface area contributed by atoms with Crippen molar-refractivity contribution in [2.45, 2.75) is 32.0 Å². The number of amides is 1. The number of rotatable bonds is 4. The summed E-state index contributed by atoms with van der Waals surface area (Å²) in [5.74, 6) is 0.547. The Morgan fingerprint density at radius 3 is 2.55 bits per heavy atom. The molecule has 2 heterocycles. The van der Waals surface area contributed by atoms with Gasteiger partial charge in [-0.3, -0.25) is 4.79 Å². The van der Waals surface area contributed by atoms with Crippen LogP contribution in [0.25, 0.3) is 11.4 Å².